The molecule has 2 rings (SSSR count). The zero-order chi connectivity index (χ0) is 15.5. The van der Waals surface area contributed by atoms with Crippen LogP contribution in [0.2, 0.25) is 0 Å². The number of hydrogen-bond donors (Lipinski definition) is 0. The summed E-state index contributed by atoms with van der Waals surface area (Å²) < 4.78 is 9.03. The number of nitrogens with zero attached hydrogens (tertiary/aromatic N) is 3. The fourth-order valence-corrected chi connectivity index (χ4v) is 3.28. The maximum absolute atomic E-state index is 12.8. The van der Waals surface area contributed by atoms with Crippen molar-refractivity contribution < 1.29 is 14.3 Å². The van der Waals surface area contributed by atoms with E-state index >= 15 is 0 Å². The largest absolute Gasteiger partial charge is 0.464 e. The van der Waals surface area contributed by atoms with E-state index in [-0.39, 0.29) is 11.9 Å². The Morgan fingerprint density at radius 3 is 2.76 bits per heavy atom. The molecular weight excluding hydrogens is 290 g/mol. The topological polar surface area (TPSA) is 72.4 Å². The summed E-state index contributed by atoms with van der Waals surface area (Å²) in [6, 6.07) is 0. The average molecular weight is 311 g/mol. The molecule has 0 bridgehead atoms. The quantitative estimate of drug-likeness (QED) is 0.800. The second-order valence-electron chi connectivity index (χ2n) is 5.45. The van der Waals surface area contributed by atoms with Gasteiger partial charge in [0, 0.05) is 6.54 Å². The van der Waals surface area contributed by atoms with Crippen molar-refractivity contribution >= 4 is 23.4 Å². The second kappa shape index (κ2) is 6.51. The van der Waals surface area contributed by atoms with Crippen molar-refractivity contribution in [1.82, 2.24) is 14.5 Å². The number of esters is 1. The molecule has 1 fully saturated rings. The van der Waals surface area contributed by atoms with Gasteiger partial charge in [-0.05, 0) is 45.1 Å². The Bertz CT molecular complexity index is 531. The first-order valence-electron chi connectivity index (χ1n) is 7.29. The van der Waals surface area contributed by atoms with E-state index in [0.717, 1.165) is 30.8 Å². The highest BCUT2D eigenvalue weighted by molar-refractivity contribution is 7.08. The molecule has 0 radical (unpaired) electrons. The molecule has 2 heterocycles. The molecule has 0 N–H and O–H groups in total. The number of carbonyl (C=O) groups is 2. The van der Waals surface area contributed by atoms with Crippen LogP contribution in [-0.2, 0) is 9.53 Å². The lowest BCUT2D eigenvalue weighted by Crippen LogP contribution is -2.55. The molecule has 21 heavy (non-hydrogen) atoms. The first kappa shape index (κ1) is 15.9. The highest BCUT2D eigenvalue weighted by Crippen LogP contribution is 2.31. The highest BCUT2D eigenvalue weighted by atomic mass is 32.1. The van der Waals surface area contributed by atoms with Crippen molar-refractivity contribution in [2.24, 2.45) is 0 Å². The molecule has 1 amide bonds. The second-order valence-corrected chi connectivity index (χ2v) is 6.20. The molecule has 116 valence electrons. The van der Waals surface area contributed by atoms with Gasteiger partial charge in [0.1, 0.15) is 10.4 Å². The highest BCUT2D eigenvalue weighted by Gasteiger charge is 2.44. The molecule has 1 saturated heterocycles. The van der Waals surface area contributed by atoms with Crippen LogP contribution >= 0.6 is 11.5 Å². The van der Waals surface area contributed by atoms with Crippen LogP contribution in [0.3, 0.4) is 0 Å². The molecule has 1 aromatic rings. The monoisotopic (exact) mass is 311 g/mol. The molecule has 6 nitrogen and oxygen atoms in total. The van der Waals surface area contributed by atoms with E-state index in [4.69, 9.17) is 4.74 Å². The van der Waals surface area contributed by atoms with Crippen LogP contribution in [-0.4, -0.2) is 45.1 Å². The van der Waals surface area contributed by atoms with Gasteiger partial charge in [0.05, 0.1) is 12.3 Å². The predicted molar refractivity (Wildman–Crippen MR) is 79.2 cm³/mol. The average Bonchev–Trinajstić information content (AvgIpc) is 2.77. The number of ether oxygens (including phenoxy) is 1. The molecule has 1 aliphatic heterocycles. The third-order valence-corrected chi connectivity index (χ3v) is 4.76. The molecule has 1 atom stereocenters. The van der Waals surface area contributed by atoms with E-state index in [1.54, 1.807) is 25.7 Å². The lowest BCUT2D eigenvalue weighted by Gasteiger charge is -2.37. The minimum atomic E-state index is -0.903. The molecule has 1 aromatic heterocycles. The van der Waals surface area contributed by atoms with Gasteiger partial charge in [-0.15, -0.1) is 5.10 Å². The number of rotatable bonds is 3. The summed E-state index contributed by atoms with van der Waals surface area (Å²) in [5.74, 6) is -0.490. The minimum Gasteiger partial charge on any atom is -0.464 e. The molecular formula is C14H21N3O3S. The molecule has 0 spiro atoms. The summed E-state index contributed by atoms with van der Waals surface area (Å²) in [6.45, 7) is 6.22. The van der Waals surface area contributed by atoms with Gasteiger partial charge in [-0.25, -0.2) is 4.79 Å². The van der Waals surface area contributed by atoms with Gasteiger partial charge in [0.25, 0.3) is 5.91 Å². The predicted octanol–water partition coefficient (Wildman–Crippen LogP) is 2.18. The van der Waals surface area contributed by atoms with Gasteiger partial charge in [0.15, 0.2) is 0 Å². The Morgan fingerprint density at radius 2 is 2.14 bits per heavy atom. The van der Waals surface area contributed by atoms with Crippen LogP contribution in [0.1, 0.15) is 54.9 Å². The number of amides is 1. The fraction of sp³-hybridized carbons (Fsp3) is 0.714. The number of aromatic nitrogens is 2. The van der Waals surface area contributed by atoms with Gasteiger partial charge in [-0.3, -0.25) is 4.79 Å². The molecule has 1 unspecified atom stereocenters. The van der Waals surface area contributed by atoms with Crippen molar-refractivity contribution in [3.63, 3.8) is 0 Å². The summed E-state index contributed by atoms with van der Waals surface area (Å²) in [4.78, 5) is 27.4. The smallest absolute Gasteiger partial charge is 0.331 e. The van der Waals surface area contributed by atoms with Crippen LogP contribution in [0.15, 0.2) is 0 Å². The van der Waals surface area contributed by atoms with Gasteiger partial charge >= 0.3 is 5.97 Å². The number of aryl methyl sites for hydroxylation is 1. The number of carbonyl (C=O) groups excluding carboxylic acids is 2. The van der Waals surface area contributed by atoms with Crippen LogP contribution < -0.4 is 0 Å². The maximum Gasteiger partial charge on any atom is 0.331 e. The SMILES string of the molecule is CCOC(=O)C1(C)CCCCCN1C(=O)c1snnc1C. The molecule has 1 aliphatic rings. The van der Waals surface area contributed by atoms with E-state index < -0.39 is 5.54 Å². The third kappa shape index (κ3) is 3.07. The van der Waals surface area contributed by atoms with Crippen molar-refractivity contribution in [1.29, 1.82) is 0 Å². The van der Waals surface area contributed by atoms with Crippen LogP contribution in [0.5, 0.6) is 0 Å². The van der Waals surface area contributed by atoms with E-state index in [1.807, 2.05) is 0 Å². The Labute approximate surface area is 128 Å². The Morgan fingerprint density at radius 1 is 1.38 bits per heavy atom. The van der Waals surface area contributed by atoms with E-state index in [9.17, 15) is 9.59 Å². The standard InChI is InChI=1S/C14H21N3O3S/c1-4-20-13(19)14(3)8-6-5-7-9-17(14)12(18)11-10(2)15-16-21-11/h4-9H2,1-3H3. The third-order valence-electron chi connectivity index (χ3n) is 3.95. The van der Waals surface area contributed by atoms with Gasteiger partial charge in [0.2, 0.25) is 0 Å². The minimum absolute atomic E-state index is 0.167. The molecule has 0 aliphatic carbocycles. The molecule has 0 aromatic carbocycles. The summed E-state index contributed by atoms with van der Waals surface area (Å²) in [5, 5.41) is 3.89. The summed E-state index contributed by atoms with van der Waals surface area (Å²) in [7, 11) is 0. The van der Waals surface area contributed by atoms with Crippen molar-refractivity contribution in [2.45, 2.75) is 52.0 Å². The molecule has 0 saturated carbocycles. The lowest BCUT2D eigenvalue weighted by atomic mass is 9.94. The van der Waals surface area contributed by atoms with Gasteiger partial charge < -0.3 is 9.64 Å². The first-order chi connectivity index (χ1) is 10.0. The maximum atomic E-state index is 12.8. The van der Waals surface area contributed by atoms with Gasteiger partial charge in [-0.1, -0.05) is 17.3 Å². The van der Waals surface area contributed by atoms with Crippen molar-refractivity contribution in [3.05, 3.63) is 10.6 Å². The van der Waals surface area contributed by atoms with Crippen LogP contribution in [0.4, 0.5) is 0 Å². The van der Waals surface area contributed by atoms with E-state index in [0.29, 0.717) is 30.1 Å². The number of hydrogen-bond acceptors (Lipinski definition) is 6. The zero-order valence-electron chi connectivity index (χ0n) is 12.7. The Balaban J connectivity index is 2.34. The summed E-state index contributed by atoms with van der Waals surface area (Å²) in [5.41, 5.74) is -0.291. The lowest BCUT2D eigenvalue weighted by molar-refractivity contribution is -0.155. The molecule has 7 heteroatoms. The number of likely N-dealkylation sites (tertiary alicyclic amines) is 1. The Kier molecular flexibility index (Phi) is 4.92. The first-order valence-corrected chi connectivity index (χ1v) is 8.06. The van der Waals surface area contributed by atoms with Crippen molar-refractivity contribution in [3.8, 4) is 0 Å². The summed E-state index contributed by atoms with van der Waals surface area (Å²) >= 11 is 1.08. The van der Waals surface area contributed by atoms with E-state index in [1.165, 1.54) is 0 Å². The van der Waals surface area contributed by atoms with E-state index in [2.05, 4.69) is 9.59 Å². The van der Waals surface area contributed by atoms with Crippen LogP contribution in [0.25, 0.3) is 0 Å². The summed E-state index contributed by atoms with van der Waals surface area (Å²) in [6.07, 6.45) is 3.45. The Hall–Kier alpha value is -1.50. The fourth-order valence-electron chi connectivity index (χ4n) is 2.67. The van der Waals surface area contributed by atoms with Crippen molar-refractivity contribution in [2.75, 3.05) is 13.2 Å². The van der Waals surface area contributed by atoms with Gasteiger partial charge in [-0.2, -0.15) is 0 Å². The van der Waals surface area contributed by atoms with Crippen LogP contribution in [0, 0.1) is 6.92 Å². The normalized spacial score (nSPS) is 22.7. The zero-order valence-corrected chi connectivity index (χ0v) is 13.5.